The zero-order chi connectivity index (χ0) is 48.2. The molecule has 0 N–H and O–H groups in total. The number of benzene rings is 2. The maximum atomic E-state index is 13.5. The Morgan fingerprint density at radius 2 is 1.17 bits per heavy atom. The molecule has 2 amide bonds. The van der Waals surface area contributed by atoms with E-state index in [0.29, 0.717) is 33.5 Å². The van der Waals surface area contributed by atoms with Crippen molar-refractivity contribution in [2.75, 3.05) is 28.3 Å². The van der Waals surface area contributed by atoms with E-state index in [9.17, 15) is 18.0 Å². The molecular formula is C48H58N6O8S4. The second-order valence-electron chi connectivity index (χ2n) is 18.5. The number of thioether (sulfide) groups is 1. The second kappa shape index (κ2) is 18.4. The van der Waals surface area contributed by atoms with Crippen LogP contribution in [0.5, 0.6) is 23.0 Å². The molecule has 8 rings (SSSR count). The molecule has 0 atom stereocenters. The van der Waals surface area contributed by atoms with Crippen molar-refractivity contribution in [2.45, 2.75) is 114 Å². The molecule has 0 fully saturated rings. The topological polar surface area (TPSA) is 147 Å². The van der Waals surface area contributed by atoms with Gasteiger partial charge in [-0.1, -0.05) is 13.8 Å². The number of fused-ring (bicyclic) bond motifs is 6. The Balaban J connectivity index is 0.000000197. The van der Waals surface area contributed by atoms with Gasteiger partial charge in [-0.05, 0) is 90.4 Å². The number of rotatable bonds is 10. The summed E-state index contributed by atoms with van der Waals surface area (Å²) in [6.45, 7) is 19.9. The molecule has 66 heavy (non-hydrogen) atoms. The van der Waals surface area contributed by atoms with E-state index >= 15 is 0 Å². The summed E-state index contributed by atoms with van der Waals surface area (Å²) in [6, 6.07) is 11.1. The van der Waals surface area contributed by atoms with E-state index in [-0.39, 0.29) is 46.9 Å². The Morgan fingerprint density at radius 1 is 0.727 bits per heavy atom. The summed E-state index contributed by atoms with van der Waals surface area (Å²) in [5, 5.41) is 17.2. The van der Waals surface area contributed by atoms with Crippen molar-refractivity contribution in [2.24, 2.45) is 0 Å². The first kappa shape index (κ1) is 48.6. The molecule has 18 heteroatoms. The lowest BCUT2D eigenvalue weighted by Gasteiger charge is -2.31. The summed E-state index contributed by atoms with van der Waals surface area (Å²) >= 11 is 4.85. The predicted octanol–water partition coefficient (Wildman–Crippen LogP) is 10.4. The summed E-state index contributed by atoms with van der Waals surface area (Å²) in [4.78, 5) is 31.4. The molecular weight excluding hydrogens is 917 g/mol. The fourth-order valence-electron chi connectivity index (χ4n) is 7.26. The van der Waals surface area contributed by atoms with Gasteiger partial charge >= 0.3 is 0 Å². The highest BCUT2D eigenvalue weighted by atomic mass is 32.2. The summed E-state index contributed by atoms with van der Waals surface area (Å²) in [7, 11) is 3.02. The Bertz CT molecular complexity index is 2890. The smallest absolute Gasteiger partial charge is 0.274 e. The molecule has 0 spiro atoms. The number of nitrogens with zero attached hydrogens (tertiary/aromatic N) is 6. The molecule has 6 heterocycles. The lowest BCUT2D eigenvalue weighted by Crippen LogP contribution is -2.43. The van der Waals surface area contributed by atoms with Gasteiger partial charge in [-0.2, -0.15) is 32.9 Å². The molecule has 352 valence electrons. The first-order valence-electron chi connectivity index (χ1n) is 21.5. The van der Waals surface area contributed by atoms with Gasteiger partial charge in [-0.15, -0.1) is 11.8 Å². The Hall–Kier alpha value is -5.30. The van der Waals surface area contributed by atoms with Crippen molar-refractivity contribution in [1.29, 1.82) is 0 Å². The van der Waals surface area contributed by atoms with Crippen LogP contribution in [0.4, 0.5) is 0 Å². The van der Waals surface area contributed by atoms with Crippen molar-refractivity contribution in [3.05, 3.63) is 80.4 Å². The Morgan fingerprint density at radius 3 is 1.55 bits per heavy atom. The van der Waals surface area contributed by atoms with Crippen LogP contribution in [0.2, 0.25) is 0 Å². The van der Waals surface area contributed by atoms with Crippen LogP contribution in [0, 0.1) is 0 Å². The zero-order valence-corrected chi connectivity index (χ0v) is 43.2. The van der Waals surface area contributed by atoms with E-state index in [1.807, 2.05) is 93.0 Å². The molecule has 0 aliphatic carbocycles. The lowest BCUT2D eigenvalue weighted by atomic mass is 10.0. The highest BCUT2D eigenvalue weighted by Crippen LogP contribution is 2.48. The van der Waals surface area contributed by atoms with E-state index < -0.39 is 20.6 Å². The molecule has 0 saturated heterocycles. The van der Waals surface area contributed by atoms with Crippen molar-refractivity contribution in [1.82, 2.24) is 29.4 Å². The average Bonchev–Trinajstić information content (AvgIpc) is 4.10. The van der Waals surface area contributed by atoms with Crippen molar-refractivity contribution in [3.8, 4) is 56.9 Å². The maximum absolute atomic E-state index is 13.5. The number of sulfone groups is 1. The second-order valence-corrected chi connectivity index (χ2v) is 24.2. The third kappa shape index (κ3) is 9.08. The molecule has 0 saturated carbocycles. The van der Waals surface area contributed by atoms with E-state index in [0.717, 1.165) is 44.6 Å². The Kier molecular flexibility index (Phi) is 13.6. The number of carbonyl (C=O) groups excluding carboxylic acids is 2. The monoisotopic (exact) mass is 974 g/mol. The standard InChI is InChI=1S/C24H29N3O5S2.C24H29N3O3S2/c1-14(2)34(29,30)20-10-16-18(11-19(20)31-7)32-12-17-21(23(28)26(6)24(3,4)5)25-27(22(16)17)15-8-9-33-13-15;1-14(2)32-20-10-16-18(11-19(20)29-7)30-12-17-21(23(28)26(6)24(3,4)5)25-27(22(16)17)15-8-9-31-13-15/h8-11,13-14H,12H2,1-7H3;8-11,13-14H,12H2,1-7H3. The molecule has 0 bridgehead atoms. The highest BCUT2D eigenvalue weighted by Gasteiger charge is 2.37. The van der Waals surface area contributed by atoms with Gasteiger partial charge in [-0.25, -0.2) is 17.8 Å². The van der Waals surface area contributed by atoms with Crippen LogP contribution >= 0.6 is 34.4 Å². The van der Waals surface area contributed by atoms with Crippen LogP contribution in [-0.4, -0.2) is 99.5 Å². The summed E-state index contributed by atoms with van der Waals surface area (Å²) in [6.07, 6.45) is 0. The highest BCUT2D eigenvalue weighted by molar-refractivity contribution is 8.00. The minimum absolute atomic E-state index is 0.0814. The molecule has 0 unspecified atom stereocenters. The number of hydrogen-bond acceptors (Lipinski definition) is 13. The van der Waals surface area contributed by atoms with Crippen LogP contribution in [0.3, 0.4) is 0 Å². The third-order valence-corrected chi connectivity index (χ3v) is 16.1. The molecule has 14 nitrogen and oxygen atoms in total. The average molecular weight is 975 g/mol. The number of ether oxygens (including phenoxy) is 4. The van der Waals surface area contributed by atoms with Crippen molar-refractivity contribution < 1.29 is 37.0 Å². The quantitative estimate of drug-likeness (QED) is 0.121. The van der Waals surface area contributed by atoms with Crippen LogP contribution in [0.15, 0.2) is 67.7 Å². The SMILES string of the molecule is COc1cc2c(cc1S(=O)(=O)C(C)C)-c1c(c(C(=O)N(C)C(C)(C)C)nn1-c1ccsc1)CO2.COc1cc2c(cc1SC(C)C)-c1c(c(C(=O)N(C)C(C)(C)C)nn1-c1ccsc1)CO2. The number of carbonyl (C=O) groups is 2. The molecule has 4 aromatic heterocycles. The van der Waals surface area contributed by atoms with Crippen molar-refractivity contribution in [3.63, 3.8) is 0 Å². The van der Waals surface area contributed by atoms with E-state index in [1.165, 1.54) is 18.4 Å². The third-order valence-electron chi connectivity index (χ3n) is 11.6. The fraction of sp³-hybridized carbons (Fsp3) is 0.417. The first-order valence-corrected chi connectivity index (χ1v) is 25.8. The van der Waals surface area contributed by atoms with Gasteiger partial charge in [0, 0.05) is 75.6 Å². The van der Waals surface area contributed by atoms with Crippen LogP contribution in [0.1, 0.15) is 101 Å². The summed E-state index contributed by atoms with van der Waals surface area (Å²) in [5.74, 6) is 1.89. The van der Waals surface area contributed by atoms with Crippen LogP contribution < -0.4 is 18.9 Å². The van der Waals surface area contributed by atoms with Gasteiger partial charge in [0.15, 0.2) is 21.2 Å². The van der Waals surface area contributed by atoms with Gasteiger partial charge in [-0.3, -0.25) is 9.59 Å². The van der Waals surface area contributed by atoms with Gasteiger partial charge in [0.1, 0.15) is 41.1 Å². The van der Waals surface area contributed by atoms with Gasteiger partial charge in [0.25, 0.3) is 11.8 Å². The Labute approximate surface area is 399 Å². The summed E-state index contributed by atoms with van der Waals surface area (Å²) in [5.41, 5.74) is 6.18. The van der Waals surface area contributed by atoms with Crippen LogP contribution in [-0.2, 0) is 23.1 Å². The van der Waals surface area contributed by atoms with E-state index in [2.05, 4.69) is 19.9 Å². The molecule has 2 aromatic carbocycles. The number of thiophene rings is 2. The van der Waals surface area contributed by atoms with Crippen LogP contribution in [0.25, 0.3) is 33.9 Å². The normalized spacial score (nSPS) is 13.1. The number of amides is 2. The summed E-state index contributed by atoms with van der Waals surface area (Å²) < 4.78 is 53.0. The number of aromatic nitrogens is 4. The van der Waals surface area contributed by atoms with Crippen molar-refractivity contribution >= 4 is 56.1 Å². The number of hydrogen-bond donors (Lipinski definition) is 0. The minimum atomic E-state index is -3.65. The minimum Gasteiger partial charge on any atom is -0.495 e. The lowest BCUT2D eigenvalue weighted by molar-refractivity contribution is 0.0637. The molecule has 0 radical (unpaired) electrons. The van der Waals surface area contributed by atoms with E-state index in [1.54, 1.807) is 77.7 Å². The van der Waals surface area contributed by atoms with Gasteiger partial charge in [0.05, 0.1) is 47.1 Å². The fourth-order valence-corrected chi connectivity index (χ4v) is 10.7. The number of methoxy groups -OCH3 is 2. The first-order chi connectivity index (χ1) is 31.0. The molecule has 6 aromatic rings. The predicted molar refractivity (Wildman–Crippen MR) is 263 cm³/mol. The maximum Gasteiger partial charge on any atom is 0.274 e. The van der Waals surface area contributed by atoms with Gasteiger partial charge < -0.3 is 28.7 Å². The largest absolute Gasteiger partial charge is 0.495 e. The molecule has 2 aliphatic heterocycles. The molecule has 2 aliphatic rings. The van der Waals surface area contributed by atoms with E-state index in [4.69, 9.17) is 29.1 Å². The van der Waals surface area contributed by atoms with Gasteiger partial charge in [0.2, 0.25) is 0 Å². The zero-order valence-electron chi connectivity index (χ0n) is 39.9.